The summed E-state index contributed by atoms with van der Waals surface area (Å²) >= 11 is 0. The third-order valence-corrected chi connectivity index (χ3v) is 4.56. The van der Waals surface area contributed by atoms with Crippen LogP contribution >= 0.6 is 0 Å². The van der Waals surface area contributed by atoms with Crippen LogP contribution in [-0.2, 0) is 17.9 Å². The highest BCUT2D eigenvalue weighted by atomic mass is 16.4. The molecular weight excluding hydrogens is 370 g/mol. The van der Waals surface area contributed by atoms with Crippen LogP contribution in [0.15, 0.2) is 67.1 Å². The molecule has 0 saturated heterocycles. The lowest BCUT2D eigenvalue weighted by atomic mass is 10.0. The zero-order chi connectivity index (χ0) is 20.2. The number of aromatic carboxylic acids is 1. The minimum atomic E-state index is -1.09. The summed E-state index contributed by atoms with van der Waals surface area (Å²) in [5, 5.41) is 22.2. The van der Waals surface area contributed by atoms with E-state index in [4.69, 9.17) is 5.11 Å². The molecule has 4 aromatic rings. The molecule has 0 atom stereocenters. The van der Waals surface area contributed by atoms with E-state index in [1.807, 2.05) is 18.2 Å². The lowest BCUT2D eigenvalue weighted by Crippen LogP contribution is -2.14. The van der Waals surface area contributed by atoms with E-state index in [-0.39, 0.29) is 18.0 Å². The van der Waals surface area contributed by atoms with Crippen molar-refractivity contribution in [3.05, 3.63) is 78.4 Å². The summed E-state index contributed by atoms with van der Waals surface area (Å²) in [6.45, 7) is 0.895. The molecule has 1 amide bonds. The highest BCUT2D eigenvalue weighted by Crippen LogP contribution is 2.19. The van der Waals surface area contributed by atoms with Crippen molar-refractivity contribution in [1.82, 2.24) is 19.6 Å². The summed E-state index contributed by atoms with van der Waals surface area (Å²) in [6, 6.07) is 15.8. The number of hydrogen-bond donors (Lipinski definition) is 2. The van der Waals surface area contributed by atoms with Crippen molar-refractivity contribution in [3.63, 3.8) is 0 Å². The van der Waals surface area contributed by atoms with Crippen molar-refractivity contribution < 1.29 is 14.7 Å². The first-order chi connectivity index (χ1) is 14.1. The summed E-state index contributed by atoms with van der Waals surface area (Å²) in [5.74, 6) is -1.28. The highest BCUT2D eigenvalue weighted by molar-refractivity contribution is 5.90. The largest absolute Gasteiger partial charge is 0.476 e. The first-order valence-electron chi connectivity index (χ1n) is 9.14. The maximum atomic E-state index is 12.2. The zero-order valence-corrected chi connectivity index (χ0v) is 15.5. The number of rotatable bonds is 7. The number of aryl methyl sites for hydroxylation is 1. The van der Waals surface area contributed by atoms with Gasteiger partial charge in [0.1, 0.15) is 0 Å². The van der Waals surface area contributed by atoms with Crippen molar-refractivity contribution in [2.75, 3.05) is 5.32 Å². The standard InChI is InChI=1S/C21H19N5O3/c27-20(9-11-25-10-8-19(24-25)21(28)29)23-17-12-22-26(14-17)13-16-6-3-5-15-4-1-2-7-18(15)16/h1-8,10,12,14H,9,11,13H2,(H,23,27)(H,28,29). The Kier molecular flexibility index (Phi) is 5.07. The van der Waals surface area contributed by atoms with Gasteiger partial charge in [-0.3, -0.25) is 14.2 Å². The van der Waals surface area contributed by atoms with Crippen LogP contribution < -0.4 is 5.32 Å². The van der Waals surface area contributed by atoms with Gasteiger partial charge in [-0.25, -0.2) is 4.79 Å². The number of hydrogen-bond acceptors (Lipinski definition) is 4. The van der Waals surface area contributed by atoms with Crippen LogP contribution in [0, 0.1) is 0 Å². The van der Waals surface area contributed by atoms with Crippen LogP contribution in [0.2, 0.25) is 0 Å². The Labute approximate surface area is 166 Å². The maximum absolute atomic E-state index is 12.2. The summed E-state index contributed by atoms with van der Waals surface area (Å²) in [7, 11) is 0. The normalized spacial score (nSPS) is 10.9. The second-order valence-electron chi connectivity index (χ2n) is 6.63. The number of anilines is 1. The third kappa shape index (κ3) is 4.32. The molecule has 0 aliphatic heterocycles. The molecule has 8 nitrogen and oxygen atoms in total. The molecule has 2 aromatic carbocycles. The summed E-state index contributed by atoms with van der Waals surface area (Å²) in [4.78, 5) is 23.0. The average Bonchev–Trinajstić information content (AvgIpc) is 3.36. The lowest BCUT2D eigenvalue weighted by molar-refractivity contribution is -0.116. The summed E-state index contributed by atoms with van der Waals surface area (Å²) in [6.07, 6.45) is 5.11. The molecule has 0 radical (unpaired) electrons. The van der Waals surface area contributed by atoms with Crippen LogP contribution in [0.4, 0.5) is 5.69 Å². The van der Waals surface area contributed by atoms with Gasteiger partial charge < -0.3 is 10.4 Å². The molecule has 2 N–H and O–H groups in total. The van der Waals surface area contributed by atoms with E-state index in [2.05, 4.69) is 39.8 Å². The number of fused-ring (bicyclic) bond motifs is 1. The fourth-order valence-electron chi connectivity index (χ4n) is 3.16. The van der Waals surface area contributed by atoms with Crippen LogP contribution in [-0.4, -0.2) is 36.5 Å². The molecule has 8 heteroatoms. The number of carboxylic acids is 1. The van der Waals surface area contributed by atoms with Crippen LogP contribution in [0.1, 0.15) is 22.5 Å². The lowest BCUT2D eigenvalue weighted by Gasteiger charge is -2.06. The predicted octanol–water partition coefficient (Wildman–Crippen LogP) is 3.01. The number of benzene rings is 2. The number of nitrogens with zero attached hydrogens (tertiary/aromatic N) is 4. The zero-order valence-electron chi connectivity index (χ0n) is 15.5. The molecule has 2 aromatic heterocycles. The van der Waals surface area contributed by atoms with Gasteiger partial charge in [-0.15, -0.1) is 0 Å². The van der Waals surface area contributed by atoms with Gasteiger partial charge in [0, 0.05) is 25.4 Å². The molecule has 0 fully saturated rings. The Hall–Kier alpha value is -3.94. The smallest absolute Gasteiger partial charge is 0.356 e. The van der Waals surface area contributed by atoms with Crippen molar-refractivity contribution in [2.45, 2.75) is 19.5 Å². The number of carboxylic acid groups (broad SMARTS) is 1. The molecule has 0 aliphatic carbocycles. The van der Waals surface area contributed by atoms with Gasteiger partial charge in [0.2, 0.25) is 5.91 Å². The summed E-state index contributed by atoms with van der Waals surface area (Å²) < 4.78 is 3.22. The van der Waals surface area contributed by atoms with E-state index in [9.17, 15) is 9.59 Å². The van der Waals surface area contributed by atoms with E-state index >= 15 is 0 Å². The van der Waals surface area contributed by atoms with Crippen molar-refractivity contribution in [1.29, 1.82) is 0 Å². The molecule has 0 saturated carbocycles. The van der Waals surface area contributed by atoms with Gasteiger partial charge in [-0.2, -0.15) is 10.2 Å². The Morgan fingerprint density at radius 2 is 1.86 bits per heavy atom. The predicted molar refractivity (Wildman–Crippen MR) is 108 cm³/mol. The second kappa shape index (κ2) is 7.97. The van der Waals surface area contributed by atoms with E-state index in [0.717, 1.165) is 5.56 Å². The van der Waals surface area contributed by atoms with Gasteiger partial charge in [-0.1, -0.05) is 42.5 Å². The minimum absolute atomic E-state index is 0.0416. The van der Waals surface area contributed by atoms with Gasteiger partial charge in [0.15, 0.2) is 5.69 Å². The highest BCUT2D eigenvalue weighted by Gasteiger charge is 2.09. The first kappa shape index (κ1) is 18.4. The quantitative estimate of drug-likeness (QED) is 0.506. The molecule has 2 heterocycles. The number of carbonyl (C=O) groups is 2. The van der Waals surface area contributed by atoms with Gasteiger partial charge in [0.05, 0.1) is 18.4 Å². The van der Waals surface area contributed by atoms with Crippen LogP contribution in [0.5, 0.6) is 0 Å². The third-order valence-electron chi connectivity index (χ3n) is 4.56. The number of nitrogens with one attached hydrogen (secondary N) is 1. The molecule has 0 spiro atoms. The Bertz CT molecular complexity index is 1170. The molecule has 29 heavy (non-hydrogen) atoms. The molecular formula is C21H19N5O3. The monoisotopic (exact) mass is 389 g/mol. The maximum Gasteiger partial charge on any atom is 0.356 e. The Morgan fingerprint density at radius 3 is 2.69 bits per heavy atom. The minimum Gasteiger partial charge on any atom is -0.476 e. The summed E-state index contributed by atoms with van der Waals surface area (Å²) in [5.41, 5.74) is 1.72. The van der Waals surface area contributed by atoms with Crippen molar-refractivity contribution >= 4 is 28.3 Å². The van der Waals surface area contributed by atoms with Crippen LogP contribution in [0.3, 0.4) is 0 Å². The van der Waals surface area contributed by atoms with E-state index in [1.165, 1.54) is 21.5 Å². The van der Waals surface area contributed by atoms with Gasteiger partial charge in [-0.05, 0) is 22.4 Å². The number of carbonyl (C=O) groups excluding carboxylic acids is 1. The molecule has 146 valence electrons. The average molecular weight is 389 g/mol. The van der Waals surface area contributed by atoms with Gasteiger partial charge in [0.25, 0.3) is 0 Å². The fourth-order valence-corrected chi connectivity index (χ4v) is 3.16. The Balaban J connectivity index is 1.36. The first-order valence-corrected chi connectivity index (χ1v) is 9.14. The van der Waals surface area contributed by atoms with E-state index in [1.54, 1.807) is 23.3 Å². The molecule has 0 aliphatic rings. The molecule has 0 bridgehead atoms. The molecule has 0 unspecified atom stereocenters. The van der Waals surface area contributed by atoms with Crippen molar-refractivity contribution in [2.24, 2.45) is 0 Å². The number of aromatic nitrogens is 4. The topological polar surface area (TPSA) is 102 Å². The van der Waals surface area contributed by atoms with Gasteiger partial charge >= 0.3 is 5.97 Å². The fraction of sp³-hybridized carbons (Fsp3) is 0.143. The Morgan fingerprint density at radius 1 is 1.03 bits per heavy atom. The van der Waals surface area contributed by atoms with E-state index < -0.39 is 5.97 Å². The van der Waals surface area contributed by atoms with E-state index in [0.29, 0.717) is 18.8 Å². The molecule has 4 rings (SSSR count). The second-order valence-corrected chi connectivity index (χ2v) is 6.63. The SMILES string of the molecule is O=C(CCn1ccc(C(=O)O)n1)Nc1cnn(Cc2cccc3ccccc23)c1. The van der Waals surface area contributed by atoms with Crippen molar-refractivity contribution in [3.8, 4) is 0 Å². The number of amides is 1. The van der Waals surface area contributed by atoms with Crippen LogP contribution in [0.25, 0.3) is 10.8 Å².